The van der Waals surface area contributed by atoms with E-state index in [4.69, 9.17) is 16.1 Å². The van der Waals surface area contributed by atoms with Crippen LogP contribution in [0, 0.1) is 0 Å². The SMILES string of the molecule is CC.Clc1ccc(-c2conc2/C=C/c2ccccc2)cc1. The van der Waals surface area contributed by atoms with Gasteiger partial charge in [-0.25, -0.2) is 0 Å². The van der Waals surface area contributed by atoms with Gasteiger partial charge in [0.25, 0.3) is 0 Å². The maximum atomic E-state index is 5.90. The van der Waals surface area contributed by atoms with Crippen LogP contribution in [-0.2, 0) is 0 Å². The molecule has 3 rings (SSSR count). The molecule has 3 heteroatoms. The Morgan fingerprint density at radius 2 is 1.59 bits per heavy atom. The topological polar surface area (TPSA) is 26.0 Å². The first-order valence-corrected chi connectivity index (χ1v) is 7.64. The average Bonchev–Trinajstić information content (AvgIpc) is 3.05. The first-order chi connectivity index (χ1) is 10.8. The third-order valence-corrected chi connectivity index (χ3v) is 3.24. The second-order valence-corrected chi connectivity index (χ2v) is 4.80. The molecule has 3 aromatic rings. The summed E-state index contributed by atoms with van der Waals surface area (Å²) in [6, 6.07) is 17.7. The summed E-state index contributed by atoms with van der Waals surface area (Å²) < 4.78 is 5.08. The highest BCUT2D eigenvalue weighted by atomic mass is 35.5. The standard InChI is InChI=1S/C17H12ClNO.C2H6/c18-15-9-7-14(8-10-15)16-12-20-19-17(16)11-6-13-4-2-1-3-5-13;1-2/h1-12H;1-2H3/b11-6+;. The lowest BCUT2D eigenvalue weighted by Gasteiger charge is -1.98. The van der Waals surface area contributed by atoms with Crippen LogP contribution in [-0.4, -0.2) is 5.16 Å². The Balaban J connectivity index is 0.000000847. The molecule has 2 nitrogen and oxygen atoms in total. The van der Waals surface area contributed by atoms with Gasteiger partial charge in [-0.15, -0.1) is 0 Å². The number of aromatic nitrogens is 1. The number of hydrogen-bond acceptors (Lipinski definition) is 2. The first-order valence-electron chi connectivity index (χ1n) is 7.26. The minimum absolute atomic E-state index is 0.714. The smallest absolute Gasteiger partial charge is 0.132 e. The molecule has 2 aromatic carbocycles. The van der Waals surface area contributed by atoms with Gasteiger partial charge in [0.2, 0.25) is 0 Å². The summed E-state index contributed by atoms with van der Waals surface area (Å²) in [4.78, 5) is 0. The van der Waals surface area contributed by atoms with E-state index in [1.807, 2.05) is 80.6 Å². The van der Waals surface area contributed by atoms with Crippen LogP contribution in [0.1, 0.15) is 25.1 Å². The molecule has 0 radical (unpaired) electrons. The van der Waals surface area contributed by atoms with Crippen molar-refractivity contribution in [1.82, 2.24) is 5.16 Å². The fraction of sp³-hybridized carbons (Fsp3) is 0.105. The maximum absolute atomic E-state index is 5.90. The molecule has 0 saturated carbocycles. The van der Waals surface area contributed by atoms with E-state index in [0.29, 0.717) is 5.02 Å². The van der Waals surface area contributed by atoms with E-state index >= 15 is 0 Å². The minimum Gasteiger partial charge on any atom is -0.363 e. The molecule has 0 bridgehead atoms. The monoisotopic (exact) mass is 311 g/mol. The zero-order valence-corrected chi connectivity index (χ0v) is 13.4. The second kappa shape index (κ2) is 8.20. The largest absolute Gasteiger partial charge is 0.363 e. The van der Waals surface area contributed by atoms with Gasteiger partial charge in [-0.1, -0.05) is 79.1 Å². The van der Waals surface area contributed by atoms with Gasteiger partial charge >= 0.3 is 0 Å². The van der Waals surface area contributed by atoms with Gasteiger partial charge in [-0.2, -0.15) is 0 Å². The summed E-state index contributed by atoms with van der Waals surface area (Å²) in [7, 11) is 0. The summed E-state index contributed by atoms with van der Waals surface area (Å²) in [5.41, 5.74) is 3.91. The lowest BCUT2D eigenvalue weighted by molar-refractivity contribution is 0.418. The van der Waals surface area contributed by atoms with Crippen LogP contribution in [0.3, 0.4) is 0 Å². The molecule has 0 N–H and O–H groups in total. The van der Waals surface area contributed by atoms with E-state index in [9.17, 15) is 0 Å². The van der Waals surface area contributed by atoms with Crippen molar-refractivity contribution in [2.75, 3.05) is 0 Å². The van der Waals surface area contributed by atoms with Crippen LogP contribution in [0.2, 0.25) is 5.02 Å². The quantitative estimate of drug-likeness (QED) is 0.576. The van der Waals surface area contributed by atoms with Crippen molar-refractivity contribution < 1.29 is 4.52 Å². The van der Waals surface area contributed by atoms with E-state index in [1.54, 1.807) is 6.26 Å². The molecule has 0 saturated heterocycles. The molecule has 0 aliphatic carbocycles. The normalized spacial score (nSPS) is 10.3. The van der Waals surface area contributed by atoms with Crippen molar-refractivity contribution in [3.63, 3.8) is 0 Å². The molecule has 0 amide bonds. The Labute approximate surface area is 136 Å². The van der Waals surface area contributed by atoms with E-state index in [1.165, 1.54) is 0 Å². The van der Waals surface area contributed by atoms with Crippen LogP contribution < -0.4 is 0 Å². The summed E-state index contributed by atoms with van der Waals surface area (Å²) in [5, 5.41) is 4.75. The van der Waals surface area contributed by atoms with Gasteiger partial charge in [-0.05, 0) is 29.3 Å². The molecule has 1 heterocycles. The van der Waals surface area contributed by atoms with Crippen molar-refractivity contribution in [3.8, 4) is 11.1 Å². The first kappa shape index (κ1) is 16.1. The highest BCUT2D eigenvalue weighted by molar-refractivity contribution is 6.30. The molecular formula is C19H18ClNO. The van der Waals surface area contributed by atoms with Crippen LogP contribution >= 0.6 is 11.6 Å². The Morgan fingerprint density at radius 3 is 2.27 bits per heavy atom. The predicted molar refractivity (Wildman–Crippen MR) is 93.7 cm³/mol. The molecule has 22 heavy (non-hydrogen) atoms. The second-order valence-electron chi connectivity index (χ2n) is 4.36. The molecule has 0 aliphatic heterocycles. The van der Waals surface area contributed by atoms with Crippen molar-refractivity contribution in [3.05, 3.63) is 77.1 Å². The Morgan fingerprint density at radius 1 is 0.909 bits per heavy atom. The van der Waals surface area contributed by atoms with Crippen LogP contribution in [0.4, 0.5) is 0 Å². The number of nitrogens with zero attached hydrogens (tertiary/aromatic N) is 1. The van der Waals surface area contributed by atoms with Crippen LogP contribution in [0.25, 0.3) is 23.3 Å². The molecule has 112 valence electrons. The number of rotatable bonds is 3. The summed E-state index contributed by atoms with van der Waals surface area (Å²) in [6.45, 7) is 4.00. The zero-order chi connectivity index (χ0) is 15.8. The third kappa shape index (κ3) is 4.09. The fourth-order valence-corrected chi connectivity index (χ4v) is 2.08. The molecule has 0 atom stereocenters. The van der Waals surface area contributed by atoms with E-state index in [0.717, 1.165) is 22.4 Å². The number of hydrogen-bond donors (Lipinski definition) is 0. The van der Waals surface area contributed by atoms with Crippen molar-refractivity contribution in [1.29, 1.82) is 0 Å². The summed E-state index contributed by atoms with van der Waals surface area (Å²) in [6.07, 6.45) is 5.61. The van der Waals surface area contributed by atoms with Crippen LogP contribution in [0.5, 0.6) is 0 Å². The lowest BCUT2D eigenvalue weighted by atomic mass is 10.1. The fourth-order valence-electron chi connectivity index (χ4n) is 1.95. The Bertz CT molecular complexity index is 715. The lowest BCUT2D eigenvalue weighted by Crippen LogP contribution is -1.79. The Kier molecular flexibility index (Phi) is 5.99. The third-order valence-electron chi connectivity index (χ3n) is 2.99. The number of halogens is 1. The highest BCUT2D eigenvalue weighted by Gasteiger charge is 2.07. The van der Waals surface area contributed by atoms with Crippen LogP contribution in [0.15, 0.2) is 65.4 Å². The molecule has 1 aromatic heterocycles. The number of benzene rings is 2. The van der Waals surface area contributed by atoms with Crippen molar-refractivity contribution in [2.24, 2.45) is 0 Å². The van der Waals surface area contributed by atoms with Gasteiger partial charge in [0.15, 0.2) is 0 Å². The van der Waals surface area contributed by atoms with Crippen molar-refractivity contribution in [2.45, 2.75) is 13.8 Å². The molecular weight excluding hydrogens is 294 g/mol. The molecule has 0 fully saturated rings. The zero-order valence-electron chi connectivity index (χ0n) is 12.7. The van der Waals surface area contributed by atoms with E-state index in [2.05, 4.69) is 5.16 Å². The van der Waals surface area contributed by atoms with Gasteiger partial charge in [0, 0.05) is 10.6 Å². The maximum Gasteiger partial charge on any atom is 0.132 e. The van der Waals surface area contributed by atoms with E-state index < -0.39 is 0 Å². The molecule has 0 unspecified atom stereocenters. The average molecular weight is 312 g/mol. The molecule has 0 aliphatic rings. The molecule has 0 spiro atoms. The summed E-state index contributed by atoms with van der Waals surface area (Å²) >= 11 is 5.90. The Hall–Kier alpha value is -2.32. The van der Waals surface area contributed by atoms with Gasteiger partial charge in [0.05, 0.1) is 0 Å². The predicted octanol–water partition coefficient (Wildman–Crippen LogP) is 6.19. The van der Waals surface area contributed by atoms with Gasteiger partial charge in [0.1, 0.15) is 12.0 Å². The van der Waals surface area contributed by atoms with Gasteiger partial charge in [-0.3, -0.25) is 0 Å². The van der Waals surface area contributed by atoms with Gasteiger partial charge < -0.3 is 4.52 Å². The van der Waals surface area contributed by atoms with Crippen molar-refractivity contribution >= 4 is 23.8 Å². The highest BCUT2D eigenvalue weighted by Crippen LogP contribution is 2.25. The summed E-state index contributed by atoms with van der Waals surface area (Å²) in [5.74, 6) is 0. The minimum atomic E-state index is 0.714. The van der Waals surface area contributed by atoms with E-state index in [-0.39, 0.29) is 0 Å².